The first-order chi connectivity index (χ1) is 12.7. The number of hydrogen-bond donors (Lipinski definition) is 2. The molecule has 1 saturated heterocycles. The predicted octanol–water partition coefficient (Wildman–Crippen LogP) is 2.02. The fraction of sp³-hybridized carbons (Fsp3) is 0.611. The monoisotopic (exact) mass is 400 g/mol. The van der Waals surface area contributed by atoms with Crippen molar-refractivity contribution in [2.45, 2.75) is 52.1 Å². The number of ether oxygens (including phenoxy) is 1. The number of rotatable bonds is 6. The Balaban J connectivity index is 1.81. The molecule has 2 N–H and O–H groups in total. The number of carbonyl (C=O) groups excluding carboxylic acids is 1. The highest BCUT2D eigenvalue weighted by Crippen LogP contribution is 2.41. The summed E-state index contributed by atoms with van der Waals surface area (Å²) in [5.74, 6) is -1.70. The van der Waals surface area contributed by atoms with E-state index in [1.165, 1.54) is 6.07 Å². The molecule has 1 fully saturated rings. The van der Waals surface area contributed by atoms with Crippen LogP contribution in [0.1, 0.15) is 44.2 Å². The maximum atomic E-state index is 15.2. The number of hydrogen-bond acceptors (Lipinski definition) is 5. The van der Waals surface area contributed by atoms with E-state index in [9.17, 15) is 18.3 Å². The molecular formula is C18H25FN2O5S. The van der Waals surface area contributed by atoms with Gasteiger partial charge in [-0.1, -0.05) is 0 Å². The number of aromatic hydroxyl groups is 1. The van der Waals surface area contributed by atoms with Gasteiger partial charge >= 0.3 is 10.2 Å². The first-order valence-electron chi connectivity index (χ1n) is 9.17. The SMILES string of the molecule is CC(C)OCCCC1CCc2cc(O)c(N3CC(=O)NS3(=O)=O)c(F)c2C1. The number of halogens is 1. The van der Waals surface area contributed by atoms with Crippen LogP contribution in [0.5, 0.6) is 5.75 Å². The quantitative estimate of drug-likeness (QED) is 0.713. The van der Waals surface area contributed by atoms with E-state index in [1.807, 2.05) is 13.8 Å². The van der Waals surface area contributed by atoms with Crippen molar-refractivity contribution in [3.63, 3.8) is 0 Å². The van der Waals surface area contributed by atoms with Gasteiger partial charge in [-0.2, -0.15) is 8.42 Å². The maximum absolute atomic E-state index is 15.2. The third-order valence-corrected chi connectivity index (χ3v) is 6.38. The average Bonchev–Trinajstić information content (AvgIpc) is 2.84. The zero-order valence-corrected chi connectivity index (χ0v) is 16.3. The van der Waals surface area contributed by atoms with E-state index in [-0.39, 0.29) is 12.0 Å². The summed E-state index contributed by atoms with van der Waals surface area (Å²) in [5, 5.41) is 10.2. The van der Waals surface area contributed by atoms with Crippen LogP contribution in [0.4, 0.5) is 10.1 Å². The van der Waals surface area contributed by atoms with E-state index in [1.54, 1.807) is 4.72 Å². The predicted molar refractivity (Wildman–Crippen MR) is 98.3 cm³/mol. The molecule has 1 amide bonds. The molecule has 7 nitrogen and oxygen atoms in total. The second kappa shape index (κ2) is 7.63. The van der Waals surface area contributed by atoms with Gasteiger partial charge < -0.3 is 9.84 Å². The normalized spacial score (nSPS) is 21.4. The van der Waals surface area contributed by atoms with Crippen LogP contribution in [0, 0.1) is 11.7 Å². The summed E-state index contributed by atoms with van der Waals surface area (Å²) in [6.07, 6.45) is 3.94. The number of anilines is 1. The minimum atomic E-state index is -4.18. The Kier molecular flexibility index (Phi) is 5.62. The number of fused-ring (bicyclic) bond motifs is 1. The number of nitrogens with zero attached hydrogens (tertiary/aromatic N) is 1. The number of benzene rings is 1. The van der Waals surface area contributed by atoms with Crippen LogP contribution in [0.25, 0.3) is 0 Å². The summed E-state index contributed by atoms with van der Waals surface area (Å²) in [6, 6.07) is 1.42. The Morgan fingerprint density at radius 1 is 1.44 bits per heavy atom. The molecule has 1 aliphatic heterocycles. The number of amides is 1. The van der Waals surface area contributed by atoms with E-state index in [4.69, 9.17) is 4.74 Å². The van der Waals surface area contributed by atoms with E-state index in [0.717, 1.165) is 19.3 Å². The Bertz CT molecular complexity index is 841. The highest BCUT2D eigenvalue weighted by molar-refractivity contribution is 7.92. The summed E-state index contributed by atoms with van der Waals surface area (Å²) in [4.78, 5) is 11.5. The van der Waals surface area contributed by atoms with Crippen LogP contribution in [-0.2, 0) is 32.6 Å². The molecule has 0 radical (unpaired) electrons. The van der Waals surface area contributed by atoms with Crippen LogP contribution in [0.2, 0.25) is 0 Å². The Hall–Kier alpha value is -1.87. The number of aryl methyl sites for hydroxylation is 1. The fourth-order valence-electron chi connectivity index (χ4n) is 3.73. The van der Waals surface area contributed by atoms with Gasteiger partial charge in [-0.3, -0.25) is 4.79 Å². The van der Waals surface area contributed by atoms with Gasteiger partial charge in [0.25, 0.3) is 5.91 Å². The van der Waals surface area contributed by atoms with Crippen molar-refractivity contribution < 1.29 is 27.4 Å². The van der Waals surface area contributed by atoms with Crippen LogP contribution in [0.15, 0.2) is 6.07 Å². The molecule has 1 heterocycles. The fourth-order valence-corrected chi connectivity index (χ4v) is 4.90. The lowest BCUT2D eigenvalue weighted by Gasteiger charge is -2.28. The minimum absolute atomic E-state index is 0.179. The first-order valence-corrected chi connectivity index (χ1v) is 10.6. The van der Waals surface area contributed by atoms with Crippen molar-refractivity contribution in [3.05, 3.63) is 23.0 Å². The summed E-state index contributed by atoms with van der Waals surface area (Å²) < 4.78 is 47.2. The third kappa shape index (κ3) is 4.19. The molecule has 0 spiro atoms. The van der Waals surface area contributed by atoms with Crippen molar-refractivity contribution in [2.24, 2.45) is 5.92 Å². The van der Waals surface area contributed by atoms with Gasteiger partial charge in [-0.25, -0.2) is 13.4 Å². The van der Waals surface area contributed by atoms with E-state index in [0.29, 0.717) is 34.9 Å². The minimum Gasteiger partial charge on any atom is -0.506 e. The van der Waals surface area contributed by atoms with Gasteiger partial charge in [-0.15, -0.1) is 0 Å². The number of phenolic OH excluding ortho intramolecular Hbond substituents is 1. The van der Waals surface area contributed by atoms with Crippen LogP contribution >= 0.6 is 0 Å². The molecule has 27 heavy (non-hydrogen) atoms. The summed E-state index contributed by atoms with van der Waals surface area (Å²) in [5.41, 5.74) is 0.675. The highest BCUT2D eigenvalue weighted by Gasteiger charge is 2.39. The summed E-state index contributed by atoms with van der Waals surface area (Å²) in [6.45, 7) is 4.07. The Morgan fingerprint density at radius 2 is 2.19 bits per heavy atom. The van der Waals surface area contributed by atoms with Gasteiger partial charge in [0.05, 0.1) is 6.10 Å². The van der Waals surface area contributed by atoms with Crippen LogP contribution in [-0.4, -0.2) is 38.7 Å². The molecule has 1 unspecified atom stereocenters. The smallest absolute Gasteiger partial charge is 0.326 e. The van der Waals surface area contributed by atoms with Gasteiger partial charge in [-0.05, 0) is 69.1 Å². The summed E-state index contributed by atoms with van der Waals surface area (Å²) in [7, 11) is -4.18. The number of nitrogens with one attached hydrogen (secondary N) is 1. The van der Waals surface area contributed by atoms with E-state index >= 15 is 4.39 Å². The average molecular weight is 400 g/mol. The second-order valence-corrected chi connectivity index (χ2v) is 9.00. The summed E-state index contributed by atoms with van der Waals surface area (Å²) >= 11 is 0. The zero-order valence-electron chi connectivity index (χ0n) is 15.5. The van der Waals surface area contributed by atoms with E-state index < -0.39 is 39.9 Å². The maximum Gasteiger partial charge on any atom is 0.326 e. The molecule has 0 bridgehead atoms. The van der Waals surface area contributed by atoms with Crippen molar-refractivity contribution in [2.75, 3.05) is 17.5 Å². The first kappa shape index (κ1) is 19.9. The van der Waals surface area contributed by atoms with Gasteiger partial charge in [0.2, 0.25) is 0 Å². The van der Waals surface area contributed by atoms with Crippen LogP contribution in [0.3, 0.4) is 0 Å². The molecule has 1 aromatic carbocycles. The number of carbonyl (C=O) groups is 1. The molecule has 1 aliphatic carbocycles. The molecule has 150 valence electrons. The molecule has 3 rings (SSSR count). The lowest BCUT2D eigenvalue weighted by atomic mass is 9.81. The standard InChI is InChI=1S/C18H25FN2O5S/c1-11(2)26-7-3-4-12-5-6-13-9-15(22)18(17(19)14(13)8-12)21-10-16(23)20-27(21,24)25/h9,11-12,22H,3-8,10H2,1-2H3,(H,20,23). The van der Waals surface area contributed by atoms with Crippen molar-refractivity contribution in [3.8, 4) is 5.75 Å². The lowest BCUT2D eigenvalue weighted by molar-refractivity contribution is -0.117. The topological polar surface area (TPSA) is 95.9 Å². The Labute approximate surface area is 158 Å². The van der Waals surface area contributed by atoms with Gasteiger partial charge in [0.1, 0.15) is 18.0 Å². The lowest BCUT2D eigenvalue weighted by Crippen LogP contribution is -2.31. The van der Waals surface area contributed by atoms with Gasteiger partial charge in [0.15, 0.2) is 5.82 Å². The molecule has 1 aromatic rings. The Morgan fingerprint density at radius 3 is 2.81 bits per heavy atom. The molecule has 2 aliphatic rings. The molecule has 0 saturated carbocycles. The van der Waals surface area contributed by atoms with Crippen molar-refractivity contribution >= 4 is 21.8 Å². The van der Waals surface area contributed by atoms with Crippen molar-refractivity contribution in [1.82, 2.24) is 4.72 Å². The van der Waals surface area contributed by atoms with Gasteiger partial charge in [0, 0.05) is 6.61 Å². The zero-order chi connectivity index (χ0) is 19.8. The molecular weight excluding hydrogens is 375 g/mol. The molecule has 0 aromatic heterocycles. The second-order valence-electron chi connectivity index (χ2n) is 7.40. The van der Waals surface area contributed by atoms with Crippen LogP contribution < -0.4 is 9.03 Å². The van der Waals surface area contributed by atoms with Crippen molar-refractivity contribution in [1.29, 1.82) is 0 Å². The largest absolute Gasteiger partial charge is 0.506 e. The molecule has 1 atom stereocenters. The highest BCUT2D eigenvalue weighted by atomic mass is 32.2. The third-order valence-electron chi connectivity index (χ3n) is 5.01. The number of phenols is 1. The molecule has 9 heteroatoms. The van der Waals surface area contributed by atoms with E-state index in [2.05, 4.69) is 0 Å².